The van der Waals surface area contributed by atoms with Crippen LogP contribution in [0.3, 0.4) is 0 Å². The Kier molecular flexibility index (Phi) is 4.66. The lowest BCUT2D eigenvalue weighted by Gasteiger charge is -2.34. The van der Waals surface area contributed by atoms with Crippen molar-refractivity contribution in [2.45, 2.75) is 6.04 Å². The van der Waals surface area contributed by atoms with Crippen molar-refractivity contribution < 1.29 is 18.8 Å². The summed E-state index contributed by atoms with van der Waals surface area (Å²) in [5, 5.41) is 11.1. The highest BCUT2D eigenvalue weighted by molar-refractivity contribution is 9.09. The number of hydrogen-bond donors (Lipinski definition) is 0. The fourth-order valence-corrected chi connectivity index (χ4v) is 2.53. The van der Waals surface area contributed by atoms with Crippen LogP contribution in [0.1, 0.15) is 10.4 Å². The Balaban J connectivity index is 2.26. The van der Waals surface area contributed by atoms with Crippen molar-refractivity contribution in [2.24, 2.45) is 0 Å². The molecular weight excluding hydrogens is 335 g/mol. The topological polar surface area (TPSA) is 72.7 Å². The lowest BCUT2D eigenvalue weighted by atomic mass is 10.1. The molecule has 1 heterocycles. The number of hydrogen-bond acceptors (Lipinski definition) is 4. The molecule has 1 saturated heterocycles. The van der Waals surface area contributed by atoms with Crippen LogP contribution in [0.15, 0.2) is 18.2 Å². The maximum Gasteiger partial charge on any atom is 0.272 e. The Morgan fingerprint density at radius 3 is 2.95 bits per heavy atom. The molecule has 1 aliphatic heterocycles. The Bertz CT molecular complexity index is 540. The average Bonchev–Trinajstić information content (AvgIpc) is 2.46. The predicted octanol–water partition coefficient (Wildman–Crippen LogP) is 1.97. The second kappa shape index (κ2) is 6.27. The van der Waals surface area contributed by atoms with Crippen LogP contribution in [0.2, 0.25) is 0 Å². The minimum absolute atomic E-state index is 0.163. The molecule has 1 aromatic carbocycles. The minimum Gasteiger partial charge on any atom is -0.377 e. The average molecular weight is 347 g/mol. The molecule has 0 spiro atoms. The number of nitrogens with zero attached hydrogens (tertiary/aromatic N) is 2. The molecule has 1 amide bonds. The molecule has 0 N–H and O–H groups in total. The van der Waals surface area contributed by atoms with Crippen molar-refractivity contribution in [3.63, 3.8) is 0 Å². The zero-order valence-corrected chi connectivity index (χ0v) is 12.0. The molecule has 0 aromatic heterocycles. The van der Waals surface area contributed by atoms with Gasteiger partial charge >= 0.3 is 0 Å². The first kappa shape index (κ1) is 14.9. The number of carbonyl (C=O) groups is 1. The summed E-state index contributed by atoms with van der Waals surface area (Å²) in [5.74, 6) is -1.37. The number of benzene rings is 1. The van der Waals surface area contributed by atoms with E-state index < -0.39 is 16.6 Å². The van der Waals surface area contributed by atoms with Gasteiger partial charge in [0.15, 0.2) is 0 Å². The third-order valence-corrected chi connectivity index (χ3v) is 3.81. The van der Waals surface area contributed by atoms with E-state index in [9.17, 15) is 19.3 Å². The van der Waals surface area contributed by atoms with Crippen LogP contribution in [-0.4, -0.2) is 46.9 Å². The fourth-order valence-electron chi connectivity index (χ4n) is 2.00. The van der Waals surface area contributed by atoms with Gasteiger partial charge in [-0.25, -0.2) is 4.39 Å². The molecule has 20 heavy (non-hydrogen) atoms. The van der Waals surface area contributed by atoms with E-state index in [0.29, 0.717) is 25.1 Å². The van der Waals surface area contributed by atoms with Crippen LogP contribution in [0.4, 0.5) is 10.1 Å². The molecule has 2 rings (SSSR count). The highest BCUT2D eigenvalue weighted by atomic mass is 79.9. The number of ether oxygens (including phenoxy) is 1. The number of nitro groups is 1. The third kappa shape index (κ3) is 2.96. The summed E-state index contributed by atoms with van der Waals surface area (Å²) >= 11 is 3.28. The molecule has 1 fully saturated rings. The van der Waals surface area contributed by atoms with E-state index in [4.69, 9.17) is 4.74 Å². The number of carbonyl (C=O) groups excluding carboxylic acids is 1. The van der Waals surface area contributed by atoms with Crippen LogP contribution in [-0.2, 0) is 4.74 Å². The van der Waals surface area contributed by atoms with E-state index in [1.54, 1.807) is 0 Å². The second-order valence-corrected chi connectivity index (χ2v) is 4.95. The summed E-state index contributed by atoms with van der Waals surface area (Å²) in [6.45, 7) is 1.14. The van der Waals surface area contributed by atoms with E-state index in [1.807, 2.05) is 0 Å². The smallest absolute Gasteiger partial charge is 0.272 e. The number of halogens is 2. The summed E-state index contributed by atoms with van der Waals surface area (Å²) in [5.41, 5.74) is -0.540. The van der Waals surface area contributed by atoms with Crippen molar-refractivity contribution in [3.05, 3.63) is 39.7 Å². The van der Waals surface area contributed by atoms with Gasteiger partial charge in [0.25, 0.3) is 11.6 Å². The van der Waals surface area contributed by atoms with Gasteiger partial charge in [-0.15, -0.1) is 0 Å². The molecule has 1 atom stereocenters. The van der Waals surface area contributed by atoms with Gasteiger partial charge in [-0.3, -0.25) is 14.9 Å². The first-order valence-electron chi connectivity index (χ1n) is 5.93. The van der Waals surface area contributed by atoms with Gasteiger partial charge in [0, 0.05) is 17.9 Å². The molecule has 0 aliphatic carbocycles. The van der Waals surface area contributed by atoms with Crippen LogP contribution in [0, 0.1) is 15.9 Å². The SMILES string of the molecule is O=C(c1ccc([N+](=O)[O-])cc1F)N1CCOCC1CBr. The first-order valence-corrected chi connectivity index (χ1v) is 7.05. The monoisotopic (exact) mass is 346 g/mol. The van der Waals surface area contributed by atoms with E-state index in [0.717, 1.165) is 18.2 Å². The normalized spacial score (nSPS) is 18.9. The number of amides is 1. The molecule has 6 nitrogen and oxygen atoms in total. The third-order valence-electron chi connectivity index (χ3n) is 3.06. The summed E-state index contributed by atoms with van der Waals surface area (Å²) in [6, 6.07) is 2.86. The van der Waals surface area contributed by atoms with Crippen molar-refractivity contribution in [2.75, 3.05) is 25.1 Å². The highest BCUT2D eigenvalue weighted by Crippen LogP contribution is 2.20. The summed E-state index contributed by atoms with van der Waals surface area (Å²) in [6.07, 6.45) is 0. The Morgan fingerprint density at radius 1 is 1.60 bits per heavy atom. The molecule has 1 aliphatic rings. The lowest BCUT2D eigenvalue weighted by Crippen LogP contribution is -2.49. The zero-order valence-electron chi connectivity index (χ0n) is 10.4. The number of alkyl halides is 1. The standard InChI is InChI=1S/C12H12BrFN2O4/c13-6-9-7-20-4-3-15(9)12(17)10-2-1-8(16(18)19)5-11(10)14/h1-2,5,9H,3-4,6-7H2. The number of rotatable bonds is 3. The van der Waals surface area contributed by atoms with Crippen molar-refractivity contribution >= 4 is 27.5 Å². The lowest BCUT2D eigenvalue weighted by molar-refractivity contribution is -0.385. The summed E-state index contributed by atoms with van der Waals surface area (Å²) in [7, 11) is 0. The van der Waals surface area contributed by atoms with Crippen molar-refractivity contribution in [1.82, 2.24) is 4.90 Å². The molecule has 0 bridgehead atoms. The van der Waals surface area contributed by atoms with Gasteiger partial charge in [0.1, 0.15) is 5.82 Å². The van der Waals surface area contributed by atoms with Crippen LogP contribution in [0.25, 0.3) is 0 Å². The molecule has 1 aromatic rings. The molecule has 8 heteroatoms. The molecule has 108 valence electrons. The minimum atomic E-state index is -0.885. The van der Waals surface area contributed by atoms with Gasteiger partial charge in [0.2, 0.25) is 0 Å². The van der Waals surface area contributed by atoms with Gasteiger partial charge in [0.05, 0.1) is 35.8 Å². The Labute approximate surface area is 122 Å². The Morgan fingerprint density at radius 2 is 2.35 bits per heavy atom. The van der Waals surface area contributed by atoms with Crippen LogP contribution >= 0.6 is 15.9 Å². The summed E-state index contributed by atoms with van der Waals surface area (Å²) in [4.78, 5) is 23.7. The van der Waals surface area contributed by atoms with Crippen LogP contribution in [0.5, 0.6) is 0 Å². The molecular formula is C12H12BrFN2O4. The Hall–Kier alpha value is -1.54. The summed E-state index contributed by atoms with van der Waals surface area (Å²) < 4.78 is 19.1. The van der Waals surface area contributed by atoms with Gasteiger partial charge in [-0.2, -0.15) is 0 Å². The highest BCUT2D eigenvalue weighted by Gasteiger charge is 2.29. The first-order chi connectivity index (χ1) is 9.54. The van der Waals surface area contributed by atoms with Crippen molar-refractivity contribution in [3.8, 4) is 0 Å². The second-order valence-electron chi connectivity index (χ2n) is 4.30. The van der Waals surface area contributed by atoms with Gasteiger partial charge in [-0.05, 0) is 6.07 Å². The van der Waals surface area contributed by atoms with Gasteiger partial charge < -0.3 is 9.64 Å². The number of non-ortho nitro benzene ring substituents is 1. The van der Waals surface area contributed by atoms with E-state index in [2.05, 4.69) is 15.9 Å². The number of morpholine rings is 1. The largest absolute Gasteiger partial charge is 0.377 e. The van der Waals surface area contributed by atoms with E-state index in [-0.39, 0.29) is 17.3 Å². The van der Waals surface area contributed by atoms with Crippen LogP contribution < -0.4 is 0 Å². The van der Waals surface area contributed by atoms with E-state index >= 15 is 0 Å². The number of nitro benzene ring substituents is 1. The van der Waals surface area contributed by atoms with E-state index in [1.165, 1.54) is 4.90 Å². The molecule has 0 saturated carbocycles. The van der Waals surface area contributed by atoms with Crippen molar-refractivity contribution in [1.29, 1.82) is 0 Å². The molecule has 0 radical (unpaired) electrons. The van der Waals surface area contributed by atoms with Gasteiger partial charge in [-0.1, -0.05) is 15.9 Å². The zero-order chi connectivity index (χ0) is 14.7. The maximum absolute atomic E-state index is 13.9. The maximum atomic E-state index is 13.9. The quantitative estimate of drug-likeness (QED) is 0.476. The predicted molar refractivity (Wildman–Crippen MR) is 72.5 cm³/mol. The molecule has 1 unspecified atom stereocenters. The fraction of sp³-hybridized carbons (Fsp3) is 0.417.